The fourth-order valence-electron chi connectivity index (χ4n) is 1.25. The summed E-state index contributed by atoms with van der Waals surface area (Å²) < 4.78 is 8.52. The van der Waals surface area contributed by atoms with Crippen molar-refractivity contribution < 1.29 is 14.3 Å². The zero-order valence-electron chi connectivity index (χ0n) is 10.1. The van der Waals surface area contributed by atoms with E-state index in [0.29, 0.717) is 23.6 Å². The lowest BCUT2D eigenvalue weighted by molar-refractivity contribution is -0.143. The van der Waals surface area contributed by atoms with Crippen molar-refractivity contribution in [3.63, 3.8) is 0 Å². The van der Waals surface area contributed by atoms with E-state index >= 15 is 0 Å². The van der Waals surface area contributed by atoms with Gasteiger partial charge in [-0.05, 0) is 24.9 Å². The van der Waals surface area contributed by atoms with Crippen molar-refractivity contribution in [2.45, 2.75) is 20.3 Å². The average Bonchev–Trinajstić information content (AvgIpc) is 2.76. The van der Waals surface area contributed by atoms with E-state index in [1.807, 2.05) is 6.92 Å². The van der Waals surface area contributed by atoms with E-state index in [0.717, 1.165) is 11.5 Å². The van der Waals surface area contributed by atoms with Gasteiger partial charge in [0.05, 0.1) is 12.3 Å². The Bertz CT molecular complexity index is 405. The van der Waals surface area contributed by atoms with Crippen LogP contribution < -0.4 is 0 Å². The molecule has 0 aliphatic carbocycles. The molecule has 1 rings (SSSR count). The molecule has 0 aliphatic rings. The van der Waals surface area contributed by atoms with Crippen LogP contribution in [0.25, 0.3) is 0 Å². The molecule has 0 atom stereocenters. The summed E-state index contributed by atoms with van der Waals surface area (Å²) in [6.45, 7) is 3.87. The maximum absolute atomic E-state index is 12.0. The Morgan fingerprint density at radius 1 is 1.41 bits per heavy atom. The molecule has 0 fully saturated rings. The Labute approximate surface area is 104 Å². The fourth-order valence-corrected chi connectivity index (χ4v) is 1.99. The van der Waals surface area contributed by atoms with Crippen molar-refractivity contribution in [3.8, 4) is 0 Å². The summed E-state index contributed by atoms with van der Waals surface area (Å²) in [5, 5.41) is 3.86. The molecule has 1 amide bonds. The summed E-state index contributed by atoms with van der Waals surface area (Å²) in [4.78, 5) is 25.0. The van der Waals surface area contributed by atoms with Gasteiger partial charge in [0.25, 0.3) is 5.91 Å². The SMILES string of the molecule is CCOC(=O)CN(C)C(=O)c1snnc1CC. The lowest BCUT2D eigenvalue weighted by atomic mass is 10.3. The number of esters is 1. The van der Waals surface area contributed by atoms with E-state index in [1.54, 1.807) is 14.0 Å². The first-order chi connectivity index (χ1) is 8.10. The van der Waals surface area contributed by atoms with Gasteiger partial charge in [0.2, 0.25) is 0 Å². The van der Waals surface area contributed by atoms with E-state index < -0.39 is 5.97 Å². The van der Waals surface area contributed by atoms with Gasteiger partial charge in [0.15, 0.2) is 0 Å². The number of hydrogen-bond donors (Lipinski definition) is 0. The van der Waals surface area contributed by atoms with Crippen LogP contribution in [0.1, 0.15) is 29.2 Å². The number of hydrogen-bond acceptors (Lipinski definition) is 6. The summed E-state index contributed by atoms with van der Waals surface area (Å²) in [7, 11) is 1.55. The summed E-state index contributed by atoms with van der Waals surface area (Å²) in [6.07, 6.45) is 0.644. The zero-order chi connectivity index (χ0) is 12.8. The van der Waals surface area contributed by atoms with Gasteiger partial charge in [-0.25, -0.2) is 0 Å². The number of nitrogens with zero attached hydrogens (tertiary/aromatic N) is 3. The zero-order valence-corrected chi connectivity index (χ0v) is 10.9. The molecule has 1 aromatic heterocycles. The number of ether oxygens (including phenoxy) is 1. The van der Waals surface area contributed by atoms with E-state index in [1.165, 1.54) is 4.90 Å². The predicted molar refractivity (Wildman–Crippen MR) is 62.9 cm³/mol. The third-order valence-electron chi connectivity index (χ3n) is 2.10. The molecule has 0 saturated carbocycles. The minimum atomic E-state index is -0.418. The number of carbonyl (C=O) groups excluding carboxylic acids is 2. The van der Waals surface area contributed by atoms with Gasteiger partial charge < -0.3 is 9.64 Å². The first-order valence-electron chi connectivity index (χ1n) is 5.32. The molecule has 6 nitrogen and oxygen atoms in total. The van der Waals surface area contributed by atoms with Gasteiger partial charge in [-0.15, -0.1) is 5.10 Å². The Morgan fingerprint density at radius 2 is 2.12 bits per heavy atom. The highest BCUT2D eigenvalue weighted by molar-refractivity contribution is 7.08. The molecule has 0 saturated heterocycles. The predicted octanol–water partition coefficient (Wildman–Crippen LogP) is 0.736. The van der Waals surface area contributed by atoms with Crippen LogP contribution in [-0.4, -0.2) is 46.6 Å². The van der Waals surface area contributed by atoms with Gasteiger partial charge in [-0.3, -0.25) is 9.59 Å². The molecule has 0 radical (unpaired) electrons. The largest absolute Gasteiger partial charge is 0.465 e. The molecule has 0 bridgehead atoms. The maximum Gasteiger partial charge on any atom is 0.325 e. The number of rotatable bonds is 5. The van der Waals surface area contributed by atoms with Crippen molar-refractivity contribution in [2.24, 2.45) is 0 Å². The van der Waals surface area contributed by atoms with E-state index in [2.05, 4.69) is 9.59 Å². The molecule has 0 N–H and O–H groups in total. The Kier molecular flexibility index (Phi) is 5.02. The van der Waals surface area contributed by atoms with Crippen LogP contribution >= 0.6 is 11.5 Å². The topological polar surface area (TPSA) is 72.4 Å². The Balaban J connectivity index is 2.67. The number of aryl methyl sites for hydroxylation is 1. The minimum Gasteiger partial charge on any atom is -0.465 e. The summed E-state index contributed by atoms with van der Waals surface area (Å²) in [6, 6.07) is 0. The highest BCUT2D eigenvalue weighted by Crippen LogP contribution is 2.13. The lowest BCUT2D eigenvalue weighted by Gasteiger charge is -2.14. The van der Waals surface area contributed by atoms with Crippen LogP contribution in [0.15, 0.2) is 0 Å². The van der Waals surface area contributed by atoms with Crippen LogP contribution in [0.2, 0.25) is 0 Å². The maximum atomic E-state index is 12.0. The third-order valence-corrected chi connectivity index (χ3v) is 2.86. The van der Waals surface area contributed by atoms with Gasteiger partial charge in [-0.1, -0.05) is 11.4 Å². The van der Waals surface area contributed by atoms with Crippen molar-refractivity contribution in [2.75, 3.05) is 20.2 Å². The molecule has 1 heterocycles. The van der Waals surface area contributed by atoms with Crippen molar-refractivity contribution in [3.05, 3.63) is 10.6 Å². The van der Waals surface area contributed by atoms with Crippen LogP contribution in [0.3, 0.4) is 0 Å². The molecule has 0 spiro atoms. The fraction of sp³-hybridized carbons (Fsp3) is 0.600. The number of carbonyl (C=O) groups is 2. The molecule has 0 unspecified atom stereocenters. The molecule has 0 aliphatic heterocycles. The number of likely N-dealkylation sites (N-methyl/N-ethyl adjacent to an activating group) is 1. The number of amides is 1. The Hall–Kier alpha value is -1.50. The van der Waals surface area contributed by atoms with Crippen molar-refractivity contribution in [1.82, 2.24) is 14.5 Å². The Morgan fingerprint density at radius 3 is 2.71 bits per heavy atom. The molecular weight excluding hydrogens is 242 g/mol. The van der Waals surface area contributed by atoms with Crippen LogP contribution in [-0.2, 0) is 16.0 Å². The van der Waals surface area contributed by atoms with Gasteiger partial charge in [0.1, 0.15) is 11.4 Å². The molecule has 7 heteroatoms. The first-order valence-corrected chi connectivity index (χ1v) is 6.09. The van der Waals surface area contributed by atoms with Crippen molar-refractivity contribution >= 4 is 23.4 Å². The molecule has 17 heavy (non-hydrogen) atoms. The smallest absolute Gasteiger partial charge is 0.325 e. The van der Waals surface area contributed by atoms with E-state index in [9.17, 15) is 9.59 Å². The molecule has 94 valence electrons. The normalized spacial score (nSPS) is 10.1. The van der Waals surface area contributed by atoms with Crippen LogP contribution in [0.4, 0.5) is 0 Å². The minimum absolute atomic E-state index is 0.0618. The van der Waals surface area contributed by atoms with E-state index in [-0.39, 0.29) is 12.5 Å². The highest BCUT2D eigenvalue weighted by atomic mass is 32.1. The highest BCUT2D eigenvalue weighted by Gasteiger charge is 2.20. The third kappa shape index (κ3) is 3.48. The summed E-state index contributed by atoms with van der Waals surface area (Å²) >= 11 is 1.05. The quantitative estimate of drug-likeness (QED) is 0.727. The molecule has 1 aromatic rings. The summed E-state index contributed by atoms with van der Waals surface area (Å²) in [5.41, 5.74) is 0.663. The van der Waals surface area contributed by atoms with E-state index in [4.69, 9.17) is 4.74 Å². The first kappa shape index (κ1) is 13.6. The van der Waals surface area contributed by atoms with Gasteiger partial charge in [0, 0.05) is 7.05 Å². The second kappa shape index (κ2) is 6.29. The molecular formula is C10H15N3O3S. The second-order valence-corrected chi connectivity index (χ2v) is 4.12. The van der Waals surface area contributed by atoms with Crippen LogP contribution in [0.5, 0.6) is 0 Å². The summed E-state index contributed by atoms with van der Waals surface area (Å²) in [5.74, 6) is -0.663. The average molecular weight is 257 g/mol. The molecule has 0 aromatic carbocycles. The second-order valence-electron chi connectivity index (χ2n) is 3.37. The van der Waals surface area contributed by atoms with Crippen molar-refractivity contribution in [1.29, 1.82) is 0 Å². The number of aromatic nitrogens is 2. The van der Waals surface area contributed by atoms with Gasteiger partial charge in [-0.2, -0.15) is 0 Å². The standard InChI is InChI=1S/C10H15N3O3S/c1-4-7-9(17-12-11-7)10(15)13(3)6-8(14)16-5-2/h4-6H2,1-3H3. The monoisotopic (exact) mass is 257 g/mol. The van der Waals surface area contributed by atoms with Crippen LogP contribution in [0, 0.1) is 0 Å². The lowest BCUT2D eigenvalue weighted by Crippen LogP contribution is -2.33. The van der Waals surface area contributed by atoms with Gasteiger partial charge >= 0.3 is 5.97 Å².